The lowest BCUT2D eigenvalue weighted by molar-refractivity contribution is -0.134. The number of piperazine rings is 1. The molecule has 0 radical (unpaired) electrons. The van der Waals surface area contributed by atoms with Crippen molar-refractivity contribution < 1.29 is 23.5 Å². The highest BCUT2D eigenvalue weighted by Gasteiger charge is 2.31. The Labute approximate surface area is 175 Å². The van der Waals surface area contributed by atoms with Gasteiger partial charge in [-0.2, -0.15) is 0 Å². The molecular formula is C22H26FN3O4. The van der Waals surface area contributed by atoms with Gasteiger partial charge in [0.05, 0.1) is 26.7 Å². The van der Waals surface area contributed by atoms with Crippen LogP contribution in [-0.4, -0.2) is 50.1 Å². The number of ether oxygens (including phenoxy) is 2. The molecule has 1 heterocycles. The summed E-state index contributed by atoms with van der Waals surface area (Å²) in [5, 5.41) is 5.65. The molecule has 0 saturated carbocycles. The van der Waals surface area contributed by atoms with Gasteiger partial charge in [-0.25, -0.2) is 4.39 Å². The third-order valence-corrected chi connectivity index (χ3v) is 5.07. The lowest BCUT2D eigenvalue weighted by Gasteiger charge is -2.34. The zero-order chi connectivity index (χ0) is 21.5. The Morgan fingerprint density at radius 2 is 2.07 bits per heavy atom. The average molecular weight is 415 g/mol. The third kappa shape index (κ3) is 5.48. The van der Waals surface area contributed by atoms with E-state index >= 15 is 0 Å². The van der Waals surface area contributed by atoms with Gasteiger partial charge in [-0.15, -0.1) is 0 Å². The summed E-state index contributed by atoms with van der Waals surface area (Å²) >= 11 is 0. The van der Waals surface area contributed by atoms with E-state index in [-0.39, 0.29) is 30.6 Å². The molecular weight excluding hydrogens is 389 g/mol. The Balaban J connectivity index is 1.62. The third-order valence-electron chi connectivity index (χ3n) is 5.07. The van der Waals surface area contributed by atoms with Gasteiger partial charge in [-0.05, 0) is 29.8 Å². The lowest BCUT2D eigenvalue weighted by atomic mass is 10.1. The first-order chi connectivity index (χ1) is 14.5. The number of benzene rings is 2. The second-order valence-electron chi connectivity index (χ2n) is 7.07. The maximum atomic E-state index is 13.5. The highest BCUT2D eigenvalue weighted by atomic mass is 19.1. The Kier molecular flexibility index (Phi) is 7.24. The van der Waals surface area contributed by atoms with E-state index in [1.54, 1.807) is 32.4 Å². The average Bonchev–Trinajstić information content (AvgIpc) is 2.74. The smallest absolute Gasteiger partial charge is 0.237 e. The molecule has 1 unspecified atom stereocenters. The Bertz CT molecular complexity index is 906. The summed E-state index contributed by atoms with van der Waals surface area (Å²) < 4.78 is 24.0. The second-order valence-corrected chi connectivity index (χ2v) is 7.07. The Morgan fingerprint density at radius 1 is 1.23 bits per heavy atom. The van der Waals surface area contributed by atoms with E-state index in [0.29, 0.717) is 31.1 Å². The molecule has 7 nitrogen and oxygen atoms in total. The molecule has 1 atom stereocenters. The van der Waals surface area contributed by atoms with Gasteiger partial charge < -0.3 is 20.1 Å². The summed E-state index contributed by atoms with van der Waals surface area (Å²) in [6.45, 7) is 1.75. The fourth-order valence-corrected chi connectivity index (χ4v) is 3.48. The summed E-state index contributed by atoms with van der Waals surface area (Å²) in [5.41, 5.74) is 1.56. The number of halogens is 1. The summed E-state index contributed by atoms with van der Waals surface area (Å²) in [6.07, 6.45) is 0.0135. The van der Waals surface area contributed by atoms with Gasteiger partial charge in [0, 0.05) is 37.8 Å². The number of hydrogen-bond acceptors (Lipinski definition) is 5. The van der Waals surface area contributed by atoms with E-state index in [4.69, 9.17) is 9.47 Å². The standard InChI is InChI=1S/C22H26FN3O4/c1-29-18-7-6-16(20(11-18)30-2)13-25-21(27)12-19-22(28)24-8-9-26(19)14-15-4-3-5-17(23)10-15/h3-7,10-11,19H,8-9,12-14H2,1-2H3,(H,24,28)(H,25,27). The molecule has 0 bridgehead atoms. The van der Waals surface area contributed by atoms with Crippen LogP contribution in [0.5, 0.6) is 11.5 Å². The van der Waals surface area contributed by atoms with Crippen molar-refractivity contribution in [2.24, 2.45) is 0 Å². The van der Waals surface area contributed by atoms with Crippen molar-refractivity contribution in [2.45, 2.75) is 25.6 Å². The van der Waals surface area contributed by atoms with Crippen LogP contribution in [0, 0.1) is 5.82 Å². The predicted molar refractivity (Wildman–Crippen MR) is 110 cm³/mol. The SMILES string of the molecule is COc1ccc(CNC(=O)CC2C(=O)NCCN2Cc2cccc(F)c2)c(OC)c1. The number of amides is 2. The minimum atomic E-state index is -0.611. The van der Waals surface area contributed by atoms with Crippen molar-refractivity contribution in [3.63, 3.8) is 0 Å². The normalized spacial score (nSPS) is 16.6. The number of rotatable bonds is 8. The fourth-order valence-electron chi connectivity index (χ4n) is 3.48. The van der Waals surface area contributed by atoms with Crippen molar-refractivity contribution in [1.29, 1.82) is 0 Å². The van der Waals surface area contributed by atoms with Crippen LogP contribution >= 0.6 is 0 Å². The van der Waals surface area contributed by atoms with Crippen molar-refractivity contribution in [2.75, 3.05) is 27.3 Å². The van der Waals surface area contributed by atoms with E-state index in [0.717, 1.165) is 11.1 Å². The maximum Gasteiger partial charge on any atom is 0.237 e. The lowest BCUT2D eigenvalue weighted by Crippen LogP contribution is -2.56. The van der Waals surface area contributed by atoms with E-state index < -0.39 is 6.04 Å². The molecule has 1 aliphatic rings. The predicted octanol–water partition coefficient (Wildman–Crippen LogP) is 1.85. The summed E-state index contributed by atoms with van der Waals surface area (Å²) in [7, 11) is 3.12. The van der Waals surface area contributed by atoms with Gasteiger partial charge in [0.2, 0.25) is 11.8 Å². The Morgan fingerprint density at radius 3 is 2.80 bits per heavy atom. The van der Waals surface area contributed by atoms with Gasteiger partial charge in [0.1, 0.15) is 17.3 Å². The monoisotopic (exact) mass is 415 g/mol. The number of hydrogen-bond donors (Lipinski definition) is 2. The van der Waals surface area contributed by atoms with Gasteiger partial charge in [0.25, 0.3) is 0 Å². The molecule has 0 aromatic heterocycles. The van der Waals surface area contributed by atoms with E-state index in [1.165, 1.54) is 12.1 Å². The molecule has 8 heteroatoms. The first kappa shape index (κ1) is 21.6. The topological polar surface area (TPSA) is 79.9 Å². The highest BCUT2D eigenvalue weighted by molar-refractivity contribution is 5.88. The van der Waals surface area contributed by atoms with Crippen molar-refractivity contribution in [1.82, 2.24) is 15.5 Å². The minimum Gasteiger partial charge on any atom is -0.497 e. The molecule has 2 aromatic carbocycles. The van der Waals surface area contributed by atoms with Gasteiger partial charge in [0.15, 0.2) is 0 Å². The van der Waals surface area contributed by atoms with Crippen LogP contribution in [0.25, 0.3) is 0 Å². The summed E-state index contributed by atoms with van der Waals surface area (Å²) in [6, 6.07) is 11.0. The maximum absolute atomic E-state index is 13.5. The molecule has 160 valence electrons. The first-order valence-corrected chi connectivity index (χ1v) is 9.74. The molecule has 2 amide bonds. The highest BCUT2D eigenvalue weighted by Crippen LogP contribution is 2.24. The largest absolute Gasteiger partial charge is 0.497 e. The number of nitrogens with zero attached hydrogens (tertiary/aromatic N) is 1. The molecule has 1 fully saturated rings. The fraction of sp³-hybridized carbons (Fsp3) is 0.364. The Hall–Kier alpha value is -3.13. The number of carbonyl (C=O) groups excluding carboxylic acids is 2. The quantitative estimate of drug-likeness (QED) is 0.688. The molecule has 2 N–H and O–H groups in total. The molecule has 2 aromatic rings. The van der Waals surface area contributed by atoms with E-state index in [2.05, 4.69) is 10.6 Å². The van der Waals surface area contributed by atoms with E-state index in [9.17, 15) is 14.0 Å². The van der Waals surface area contributed by atoms with Gasteiger partial charge in [-0.3, -0.25) is 14.5 Å². The zero-order valence-corrected chi connectivity index (χ0v) is 17.1. The summed E-state index contributed by atoms with van der Waals surface area (Å²) in [4.78, 5) is 26.9. The molecule has 1 aliphatic heterocycles. The minimum absolute atomic E-state index is 0.0135. The molecule has 0 aliphatic carbocycles. The number of nitrogens with one attached hydrogen (secondary N) is 2. The van der Waals surface area contributed by atoms with Crippen LogP contribution in [0.1, 0.15) is 17.5 Å². The number of methoxy groups -OCH3 is 2. The van der Waals surface area contributed by atoms with Crippen LogP contribution < -0.4 is 20.1 Å². The van der Waals surface area contributed by atoms with Crippen molar-refractivity contribution in [3.05, 3.63) is 59.4 Å². The van der Waals surface area contributed by atoms with Crippen LogP contribution in [0.3, 0.4) is 0 Å². The number of carbonyl (C=O) groups is 2. The van der Waals surface area contributed by atoms with Crippen LogP contribution in [0.15, 0.2) is 42.5 Å². The molecule has 30 heavy (non-hydrogen) atoms. The van der Waals surface area contributed by atoms with Crippen LogP contribution in [-0.2, 0) is 22.7 Å². The van der Waals surface area contributed by atoms with Crippen LogP contribution in [0.4, 0.5) is 4.39 Å². The molecule has 0 spiro atoms. The molecule has 3 rings (SSSR count). The molecule has 1 saturated heterocycles. The first-order valence-electron chi connectivity index (χ1n) is 9.74. The van der Waals surface area contributed by atoms with Crippen molar-refractivity contribution in [3.8, 4) is 11.5 Å². The van der Waals surface area contributed by atoms with Gasteiger partial charge >= 0.3 is 0 Å². The van der Waals surface area contributed by atoms with Crippen LogP contribution in [0.2, 0.25) is 0 Å². The van der Waals surface area contributed by atoms with Crippen molar-refractivity contribution >= 4 is 11.8 Å². The zero-order valence-electron chi connectivity index (χ0n) is 17.1. The summed E-state index contributed by atoms with van der Waals surface area (Å²) in [5.74, 6) is 0.497. The second kappa shape index (κ2) is 10.1. The van der Waals surface area contributed by atoms with E-state index in [1.807, 2.05) is 17.0 Å². The van der Waals surface area contributed by atoms with Gasteiger partial charge in [-0.1, -0.05) is 12.1 Å².